The van der Waals surface area contributed by atoms with E-state index in [1.807, 2.05) is 0 Å². The fraction of sp³-hybridized carbons (Fsp3) is 0.353. The molecule has 1 fully saturated rings. The molecule has 1 saturated heterocycles. The predicted octanol–water partition coefficient (Wildman–Crippen LogP) is 0.845. The topological polar surface area (TPSA) is 119 Å². The number of nitrogens with one attached hydrogen (secondary N) is 2. The van der Waals surface area contributed by atoms with Gasteiger partial charge in [-0.25, -0.2) is 9.59 Å². The average molecular weight is 345 g/mol. The summed E-state index contributed by atoms with van der Waals surface area (Å²) in [5.41, 5.74) is 1.77. The van der Waals surface area contributed by atoms with Crippen molar-refractivity contribution in [3.8, 4) is 0 Å². The summed E-state index contributed by atoms with van der Waals surface area (Å²) in [5, 5.41) is 24.4. The van der Waals surface area contributed by atoms with Crippen LogP contribution in [-0.4, -0.2) is 52.2 Å². The van der Waals surface area contributed by atoms with Gasteiger partial charge < -0.3 is 25.7 Å². The van der Waals surface area contributed by atoms with Crippen LogP contribution in [0.3, 0.4) is 0 Å². The zero-order chi connectivity index (χ0) is 18.3. The number of β-lactam (4-membered cyclic amide) rings is 1. The summed E-state index contributed by atoms with van der Waals surface area (Å²) in [6.07, 6.45) is -0.437. The van der Waals surface area contributed by atoms with Gasteiger partial charge >= 0.3 is 12.0 Å². The van der Waals surface area contributed by atoms with E-state index in [0.717, 1.165) is 0 Å². The SMILES string of the molecule is CNC(=O)Nc1ccc(C2=C(C(=O)O)N3C(=O)[C@H]([C@@H](C)O)[C@H]3C2)cc1. The van der Waals surface area contributed by atoms with Crippen molar-refractivity contribution >= 4 is 29.2 Å². The minimum Gasteiger partial charge on any atom is -0.477 e. The van der Waals surface area contributed by atoms with Crippen LogP contribution in [0.4, 0.5) is 10.5 Å². The van der Waals surface area contributed by atoms with Gasteiger partial charge in [-0.1, -0.05) is 12.1 Å². The molecule has 8 nitrogen and oxygen atoms in total. The van der Waals surface area contributed by atoms with Gasteiger partial charge in [-0.3, -0.25) is 4.79 Å². The highest BCUT2D eigenvalue weighted by atomic mass is 16.4. The van der Waals surface area contributed by atoms with Gasteiger partial charge in [-0.2, -0.15) is 0 Å². The molecule has 3 atom stereocenters. The van der Waals surface area contributed by atoms with Crippen LogP contribution in [0, 0.1) is 5.92 Å². The van der Waals surface area contributed by atoms with Crippen molar-refractivity contribution < 1.29 is 24.6 Å². The number of carboxylic acids is 1. The molecule has 0 aromatic heterocycles. The Bertz CT molecular complexity index is 769. The van der Waals surface area contributed by atoms with Crippen molar-refractivity contribution in [2.75, 3.05) is 12.4 Å². The molecule has 132 valence electrons. The average Bonchev–Trinajstić information content (AvgIpc) is 2.90. The van der Waals surface area contributed by atoms with Gasteiger partial charge in [0.1, 0.15) is 5.70 Å². The summed E-state index contributed by atoms with van der Waals surface area (Å²) in [6, 6.07) is 6.07. The molecule has 0 aliphatic carbocycles. The number of benzene rings is 1. The first-order valence-corrected chi connectivity index (χ1v) is 7.92. The quantitative estimate of drug-likeness (QED) is 0.603. The van der Waals surface area contributed by atoms with Gasteiger partial charge in [0.2, 0.25) is 5.91 Å². The summed E-state index contributed by atoms with van der Waals surface area (Å²) in [6.45, 7) is 1.54. The Balaban J connectivity index is 1.90. The minimum atomic E-state index is -1.16. The highest BCUT2D eigenvalue weighted by molar-refractivity contribution is 6.06. The number of urea groups is 1. The number of nitrogens with zero attached hydrogens (tertiary/aromatic N) is 1. The number of carbonyl (C=O) groups excluding carboxylic acids is 2. The number of amides is 3. The molecule has 4 N–H and O–H groups in total. The number of aliphatic hydroxyl groups excluding tert-OH is 1. The van der Waals surface area contributed by atoms with E-state index >= 15 is 0 Å². The lowest BCUT2D eigenvalue weighted by Crippen LogP contribution is -2.61. The molecule has 3 rings (SSSR count). The molecule has 0 spiro atoms. The Morgan fingerprint density at radius 1 is 1.28 bits per heavy atom. The second-order valence-electron chi connectivity index (χ2n) is 6.16. The monoisotopic (exact) mass is 345 g/mol. The van der Waals surface area contributed by atoms with E-state index in [9.17, 15) is 24.6 Å². The predicted molar refractivity (Wildman–Crippen MR) is 89.5 cm³/mol. The third kappa shape index (κ3) is 2.74. The van der Waals surface area contributed by atoms with E-state index < -0.39 is 18.0 Å². The molecule has 2 aliphatic heterocycles. The van der Waals surface area contributed by atoms with Crippen molar-refractivity contribution in [3.05, 3.63) is 35.5 Å². The molecular weight excluding hydrogens is 326 g/mol. The van der Waals surface area contributed by atoms with Crippen LogP contribution in [0.25, 0.3) is 5.57 Å². The lowest BCUT2D eigenvalue weighted by molar-refractivity contribution is -0.161. The molecular formula is C17H19N3O5. The molecule has 1 aromatic carbocycles. The van der Waals surface area contributed by atoms with Crippen molar-refractivity contribution in [1.82, 2.24) is 10.2 Å². The van der Waals surface area contributed by atoms with E-state index in [4.69, 9.17) is 0 Å². The number of aliphatic carboxylic acids is 1. The molecule has 8 heteroatoms. The molecule has 2 heterocycles. The van der Waals surface area contributed by atoms with Gasteiger partial charge in [0.25, 0.3) is 0 Å². The first kappa shape index (κ1) is 17.0. The van der Waals surface area contributed by atoms with Crippen molar-refractivity contribution in [3.63, 3.8) is 0 Å². The number of hydrogen-bond donors (Lipinski definition) is 4. The molecule has 1 aromatic rings. The summed E-state index contributed by atoms with van der Waals surface area (Å²) < 4.78 is 0. The smallest absolute Gasteiger partial charge is 0.352 e. The molecule has 0 saturated carbocycles. The Kier molecular flexibility index (Phi) is 4.22. The minimum absolute atomic E-state index is 0.0288. The maximum atomic E-state index is 12.2. The number of carboxylic acid groups (broad SMARTS) is 1. The molecule has 0 radical (unpaired) electrons. The van der Waals surface area contributed by atoms with Crippen LogP contribution in [0.15, 0.2) is 30.0 Å². The summed E-state index contributed by atoms with van der Waals surface area (Å²) in [4.78, 5) is 36.5. The van der Waals surface area contributed by atoms with E-state index in [-0.39, 0.29) is 23.7 Å². The Morgan fingerprint density at radius 2 is 1.92 bits per heavy atom. The van der Waals surface area contributed by atoms with Gasteiger partial charge in [-0.15, -0.1) is 0 Å². The fourth-order valence-corrected chi connectivity index (χ4v) is 3.48. The summed E-state index contributed by atoms with van der Waals surface area (Å²) >= 11 is 0. The van der Waals surface area contributed by atoms with Gasteiger partial charge in [0, 0.05) is 12.7 Å². The van der Waals surface area contributed by atoms with Crippen LogP contribution < -0.4 is 10.6 Å². The zero-order valence-corrected chi connectivity index (χ0v) is 13.8. The highest BCUT2D eigenvalue weighted by Crippen LogP contribution is 2.46. The normalized spacial score (nSPS) is 23.0. The van der Waals surface area contributed by atoms with Crippen LogP contribution in [-0.2, 0) is 9.59 Å². The zero-order valence-electron chi connectivity index (χ0n) is 13.8. The lowest BCUT2D eigenvalue weighted by atomic mass is 9.82. The van der Waals surface area contributed by atoms with Crippen molar-refractivity contribution in [2.45, 2.75) is 25.5 Å². The Hall–Kier alpha value is -2.87. The summed E-state index contributed by atoms with van der Waals surface area (Å²) in [5.74, 6) is -2.09. The Morgan fingerprint density at radius 3 is 2.44 bits per heavy atom. The highest BCUT2D eigenvalue weighted by Gasteiger charge is 2.56. The van der Waals surface area contributed by atoms with E-state index in [1.54, 1.807) is 24.3 Å². The van der Waals surface area contributed by atoms with E-state index in [0.29, 0.717) is 23.2 Å². The van der Waals surface area contributed by atoms with Gasteiger partial charge in [0.15, 0.2) is 0 Å². The molecule has 25 heavy (non-hydrogen) atoms. The number of carbonyl (C=O) groups is 3. The molecule has 2 aliphatic rings. The maximum Gasteiger partial charge on any atom is 0.352 e. The van der Waals surface area contributed by atoms with E-state index in [1.165, 1.54) is 18.9 Å². The molecule has 0 bridgehead atoms. The van der Waals surface area contributed by atoms with Gasteiger partial charge in [0.05, 0.1) is 18.1 Å². The Labute approximate surface area is 144 Å². The number of anilines is 1. The third-order valence-electron chi connectivity index (χ3n) is 4.65. The first-order chi connectivity index (χ1) is 11.8. The second kappa shape index (κ2) is 6.21. The standard InChI is InChI=1S/C17H19N3O5/c1-8(21)13-12-7-11(14(16(23)24)20(12)15(13)22)9-3-5-10(6-4-9)19-17(25)18-2/h3-6,8,12-13,21H,7H2,1-2H3,(H,23,24)(H2,18,19,25)/t8-,12-,13-/m1/s1. The lowest BCUT2D eigenvalue weighted by Gasteiger charge is -2.44. The van der Waals surface area contributed by atoms with Crippen molar-refractivity contribution in [2.24, 2.45) is 5.92 Å². The summed E-state index contributed by atoms with van der Waals surface area (Å²) in [7, 11) is 1.51. The van der Waals surface area contributed by atoms with Crippen molar-refractivity contribution in [1.29, 1.82) is 0 Å². The first-order valence-electron chi connectivity index (χ1n) is 7.92. The van der Waals surface area contributed by atoms with Crippen LogP contribution >= 0.6 is 0 Å². The number of fused-ring (bicyclic) bond motifs is 1. The number of hydrogen-bond acceptors (Lipinski definition) is 4. The largest absolute Gasteiger partial charge is 0.477 e. The maximum absolute atomic E-state index is 12.2. The van der Waals surface area contributed by atoms with Crippen LogP contribution in [0.1, 0.15) is 18.9 Å². The number of rotatable bonds is 4. The fourth-order valence-electron chi connectivity index (χ4n) is 3.48. The molecule has 0 unspecified atom stereocenters. The van der Waals surface area contributed by atoms with Crippen LogP contribution in [0.2, 0.25) is 0 Å². The van der Waals surface area contributed by atoms with Crippen LogP contribution in [0.5, 0.6) is 0 Å². The number of aliphatic hydroxyl groups is 1. The van der Waals surface area contributed by atoms with E-state index in [2.05, 4.69) is 10.6 Å². The second-order valence-corrected chi connectivity index (χ2v) is 6.16. The van der Waals surface area contributed by atoms with Gasteiger partial charge in [-0.05, 0) is 36.6 Å². The third-order valence-corrected chi connectivity index (χ3v) is 4.65. The molecule has 3 amide bonds.